The quantitative estimate of drug-likeness (QED) is 0.330. The zero-order valence-electron chi connectivity index (χ0n) is 16.3. The van der Waals surface area contributed by atoms with Crippen molar-refractivity contribution >= 4 is 0 Å². The average molecular weight is 382 g/mol. The van der Waals surface area contributed by atoms with E-state index >= 15 is 0 Å². The zero-order chi connectivity index (χ0) is 19.7. The standard InChI is InChI=1S/C28H18N2/c1-4-11-24-20(8-1)21-9-2-5-12-25(21)28(24)26-13-6-3-10-22(26)23-18-19(14-15-27(23)28)30-17-7-16-29-30/h1-18H. The van der Waals surface area contributed by atoms with Crippen LogP contribution in [0.1, 0.15) is 22.3 Å². The van der Waals surface area contributed by atoms with Gasteiger partial charge in [0.2, 0.25) is 0 Å². The topological polar surface area (TPSA) is 17.8 Å². The molecule has 0 amide bonds. The minimum Gasteiger partial charge on any atom is -0.241 e. The van der Waals surface area contributed by atoms with Crippen molar-refractivity contribution in [3.05, 3.63) is 132 Å². The second kappa shape index (κ2) is 5.58. The summed E-state index contributed by atoms with van der Waals surface area (Å²) in [5.41, 5.74) is 11.6. The van der Waals surface area contributed by atoms with Gasteiger partial charge >= 0.3 is 0 Å². The normalized spacial score (nSPS) is 14.3. The Hall–Kier alpha value is -3.91. The van der Waals surface area contributed by atoms with Gasteiger partial charge in [-0.1, -0.05) is 78.9 Å². The molecule has 2 heteroatoms. The molecule has 2 nitrogen and oxygen atoms in total. The van der Waals surface area contributed by atoms with Crippen LogP contribution in [-0.4, -0.2) is 9.78 Å². The molecule has 4 aromatic carbocycles. The maximum absolute atomic E-state index is 4.45. The summed E-state index contributed by atoms with van der Waals surface area (Å²) in [5, 5.41) is 4.45. The van der Waals surface area contributed by atoms with Gasteiger partial charge in [0, 0.05) is 12.4 Å². The van der Waals surface area contributed by atoms with Gasteiger partial charge in [0.15, 0.2) is 0 Å². The van der Waals surface area contributed by atoms with Gasteiger partial charge in [0.1, 0.15) is 0 Å². The van der Waals surface area contributed by atoms with Crippen molar-refractivity contribution in [2.45, 2.75) is 5.41 Å². The van der Waals surface area contributed by atoms with Crippen molar-refractivity contribution < 1.29 is 0 Å². The lowest BCUT2D eigenvalue weighted by atomic mass is 9.70. The average Bonchev–Trinajstić information content (AvgIpc) is 3.51. The molecule has 2 aliphatic rings. The van der Waals surface area contributed by atoms with Crippen LogP contribution in [0.2, 0.25) is 0 Å². The molecule has 0 aliphatic heterocycles. The first kappa shape index (κ1) is 15.9. The van der Waals surface area contributed by atoms with Crippen LogP contribution in [0.3, 0.4) is 0 Å². The van der Waals surface area contributed by atoms with Crippen LogP contribution in [0.15, 0.2) is 109 Å². The van der Waals surface area contributed by atoms with Gasteiger partial charge in [-0.25, -0.2) is 4.68 Å². The van der Waals surface area contributed by atoms with Gasteiger partial charge in [0.05, 0.1) is 11.1 Å². The molecule has 2 aliphatic carbocycles. The second-order valence-corrected chi connectivity index (χ2v) is 8.07. The highest BCUT2D eigenvalue weighted by atomic mass is 15.3. The molecule has 140 valence electrons. The molecule has 30 heavy (non-hydrogen) atoms. The summed E-state index contributed by atoms with van der Waals surface area (Å²) < 4.78 is 1.93. The second-order valence-electron chi connectivity index (χ2n) is 8.07. The van der Waals surface area contributed by atoms with Crippen LogP contribution in [-0.2, 0) is 5.41 Å². The maximum Gasteiger partial charge on any atom is 0.0725 e. The number of rotatable bonds is 1. The highest BCUT2D eigenvalue weighted by Gasteiger charge is 2.51. The summed E-state index contributed by atoms with van der Waals surface area (Å²) in [6, 6.07) is 35.4. The van der Waals surface area contributed by atoms with Gasteiger partial charge < -0.3 is 0 Å². The summed E-state index contributed by atoms with van der Waals surface area (Å²) in [6.07, 6.45) is 3.82. The highest BCUT2D eigenvalue weighted by molar-refractivity contribution is 5.95. The van der Waals surface area contributed by atoms with E-state index in [4.69, 9.17) is 0 Å². The van der Waals surface area contributed by atoms with Crippen LogP contribution in [0.25, 0.3) is 27.9 Å². The Morgan fingerprint density at radius 3 is 1.63 bits per heavy atom. The number of nitrogens with zero attached hydrogens (tertiary/aromatic N) is 2. The lowest BCUT2D eigenvalue weighted by Gasteiger charge is -2.30. The minimum absolute atomic E-state index is 0.262. The van der Waals surface area contributed by atoms with Crippen LogP contribution in [0, 0.1) is 0 Å². The largest absolute Gasteiger partial charge is 0.241 e. The van der Waals surface area contributed by atoms with Crippen molar-refractivity contribution in [1.82, 2.24) is 9.78 Å². The molecule has 1 heterocycles. The van der Waals surface area contributed by atoms with Crippen LogP contribution in [0.5, 0.6) is 0 Å². The molecule has 0 fully saturated rings. The summed E-state index contributed by atoms with van der Waals surface area (Å²) >= 11 is 0. The third-order valence-corrected chi connectivity index (χ3v) is 6.75. The Balaban J connectivity index is 1.64. The molecule has 7 rings (SSSR count). The third-order valence-electron chi connectivity index (χ3n) is 6.75. The first-order valence-corrected chi connectivity index (χ1v) is 10.3. The number of hydrogen-bond acceptors (Lipinski definition) is 1. The first-order valence-electron chi connectivity index (χ1n) is 10.3. The molecule has 0 atom stereocenters. The van der Waals surface area contributed by atoms with Crippen molar-refractivity contribution in [3.63, 3.8) is 0 Å². The number of fused-ring (bicyclic) bond motifs is 10. The predicted octanol–water partition coefficient (Wildman–Crippen LogP) is 6.22. The highest BCUT2D eigenvalue weighted by Crippen LogP contribution is 2.62. The Morgan fingerprint density at radius 2 is 1.07 bits per heavy atom. The van der Waals surface area contributed by atoms with E-state index in [-0.39, 0.29) is 5.41 Å². The Bertz CT molecular complexity index is 1400. The van der Waals surface area contributed by atoms with Gasteiger partial charge in [-0.05, 0) is 62.7 Å². The van der Waals surface area contributed by atoms with Crippen molar-refractivity contribution in [2.24, 2.45) is 0 Å². The summed E-state index contributed by atoms with van der Waals surface area (Å²) in [5.74, 6) is 0. The van der Waals surface area contributed by atoms with E-state index in [9.17, 15) is 0 Å². The number of benzene rings is 4. The zero-order valence-corrected chi connectivity index (χ0v) is 16.3. The fourth-order valence-electron chi connectivity index (χ4n) is 5.65. The predicted molar refractivity (Wildman–Crippen MR) is 120 cm³/mol. The van der Waals surface area contributed by atoms with Gasteiger partial charge in [-0.3, -0.25) is 0 Å². The summed E-state index contributed by atoms with van der Waals surface area (Å²) in [7, 11) is 0. The summed E-state index contributed by atoms with van der Waals surface area (Å²) in [4.78, 5) is 0. The van der Waals surface area contributed by atoms with Crippen molar-refractivity contribution in [3.8, 4) is 27.9 Å². The molecule has 1 aromatic heterocycles. The number of aromatic nitrogens is 2. The minimum atomic E-state index is -0.262. The fraction of sp³-hybridized carbons (Fsp3) is 0.0357. The van der Waals surface area contributed by atoms with E-state index in [1.54, 1.807) is 0 Å². The first-order chi connectivity index (χ1) is 14.9. The van der Waals surface area contributed by atoms with E-state index in [1.807, 2.05) is 23.1 Å². The Morgan fingerprint density at radius 1 is 0.533 bits per heavy atom. The lowest BCUT2D eigenvalue weighted by molar-refractivity contribution is 0.792. The van der Waals surface area contributed by atoms with Crippen LogP contribution < -0.4 is 0 Å². The van der Waals surface area contributed by atoms with E-state index in [0.29, 0.717) is 0 Å². The van der Waals surface area contributed by atoms with Crippen molar-refractivity contribution in [1.29, 1.82) is 0 Å². The molecule has 0 N–H and O–H groups in total. The van der Waals surface area contributed by atoms with Gasteiger partial charge in [-0.2, -0.15) is 5.10 Å². The fourth-order valence-corrected chi connectivity index (χ4v) is 5.65. The molecule has 0 saturated heterocycles. The lowest BCUT2D eigenvalue weighted by Crippen LogP contribution is -2.25. The Kier molecular flexibility index (Phi) is 2.97. The van der Waals surface area contributed by atoms with E-state index in [1.165, 1.54) is 44.5 Å². The summed E-state index contributed by atoms with van der Waals surface area (Å²) in [6.45, 7) is 0. The monoisotopic (exact) mass is 382 g/mol. The number of hydrogen-bond donors (Lipinski definition) is 0. The SMILES string of the molecule is c1ccc2c(c1)-c1ccccc1C21c2ccccc2-c2cc(-n3cccn3)ccc21. The molecule has 0 radical (unpaired) electrons. The molecular weight excluding hydrogens is 364 g/mol. The van der Waals surface area contributed by atoms with Gasteiger partial charge in [-0.15, -0.1) is 0 Å². The molecule has 0 unspecified atom stereocenters. The molecular formula is C28H18N2. The van der Waals surface area contributed by atoms with E-state index in [0.717, 1.165) is 5.69 Å². The van der Waals surface area contributed by atoms with E-state index in [2.05, 4.69) is 96.1 Å². The molecule has 1 spiro atoms. The molecule has 0 bridgehead atoms. The Labute approximate surface area is 175 Å². The maximum atomic E-state index is 4.45. The van der Waals surface area contributed by atoms with Crippen LogP contribution in [0.4, 0.5) is 0 Å². The molecule has 5 aromatic rings. The van der Waals surface area contributed by atoms with E-state index < -0.39 is 0 Å². The van der Waals surface area contributed by atoms with Gasteiger partial charge in [0.25, 0.3) is 0 Å². The van der Waals surface area contributed by atoms with Crippen LogP contribution >= 0.6 is 0 Å². The third kappa shape index (κ3) is 1.77. The van der Waals surface area contributed by atoms with Crippen molar-refractivity contribution in [2.75, 3.05) is 0 Å². The smallest absolute Gasteiger partial charge is 0.0725 e. The molecule has 0 saturated carbocycles.